The summed E-state index contributed by atoms with van der Waals surface area (Å²) >= 11 is 0. The molecule has 2 unspecified atom stereocenters. The molecule has 0 aromatic heterocycles. The summed E-state index contributed by atoms with van der Waals surface area (Å²) in [5.41, 5.74) is 0.910. The van der Waals surface area contributed by atoms with Gasteiger partial charge in [-0.3, -0.25) is 0 Å². The fourth-order valence-corrected chi connectivity index (χ4v) is 3.54. The Bertz CT molecular complexity index is 141. The summed E-state index contributed by atoms with van der Waals surface area (Å²) < 4.78 is 0. The highest BCUT2D eigenvalue weighted by atomic mass is 14.6. The lowest BCUT2D eigenvalue weighted by molar-refractivity contribution is 0.274. The van der Waals surface area contributed by atoms with Gasteiger partial charge < -0.3 is 0 Å². The van der Waals surface area contributed by atoms with Crippen LogP contribution in [0.1, 0.15) is 44.9 Å². The minimum atomic E-state index is 0.910. The highest BCUT2D eigenvalue weighted by Crippen LogP contribution is 2.64. The minimum Gasteiger partial charge on any atom is -0.0528 e. The van der Waals surface area contributed by atoms with Crippen LogP contribution >= 0.6 is 0 Å². The maximum Gasteiger partial charge on any atom is -0.0292 e. The Labute approximate surface area is 63.0 Å². The molecule has 56 valence electrons. The molecule has 3 aliphatic carbocycles. The monoisotopic (exact) mass is 136 g/mol. The lowest BCUT2D eigenvalue weighted by atomic mass is 9.81. The van der Waals surface area contributed by atoms with Crippen molar-refractivity contribution in [3.05, 3.63) is 0 Å². The Balaban J connectivity index is 1.80. The molecule has 1 spiro atoms. The maximum absolute atomic E-state index is 1.62. The number of rotatable bonds is 0. The average molecular weight is 136 g/mol. The molecule has 0 N–H and O–H groups in total. The van der Waals surface area contributed by atoms with Crippen LogP contribution in [0.2, 0.25) is 0 Å². The van der Waals surface area contributed by atoms with Crippen LogP contribution in [0.3, 0.4) is 0 Å². The molecule has 2 atom stereocenters. The van der Waals surface area contributed by atoms with Crippen LogP contribution in [-0.4, -0.2) is 0 Å². The van der Waals surface area contributed by atoms with Crippen molar-refractivity contribution in [1.29, 1.82) is 0 Å². The second kappa shape index (κ2) is 1.60. The molecule has 0 heterocycles. The van der Waals surface area contributed by atoms with Crippen molar-refractivity contribution in [3.63, 3.8) is 0 Å². The molecule has 10 heavy (non-hydrogen) atoms. The van der Waals surface area contributed by atoms with E-state index in [0.29, 0.717) is 0 Å². The van der Waals surface area contributed by atoms with E-state index >= 15 is 0 Å². The third kappa shape index (κ3) is 0.627. The topological polar surface area (TPSA) is 0 Å². The fraction of sp³-hybridized carbons (Fsp3) is 1.00. The molecule has 0 nitrogen and oxygen atoms in total. The van der Waals surface area contributed by atoms with E-state index in [1.807, 2.05) is 0 Å². The zero-order valence-corrected chi connectivity index (χ0v) is 6.60. The largest absolute Gasteiger partial charge is 0.0528 e. The van der Waals surface area contributed by atoms with Gasteiger partial charge >= 0.3 is 0 Å². The molecule has 0 aliphatic heterocycles. The lowest BCUT2D eigenvalue weighted by Crippen LogP contribution is -2.12. The standard InChI is InChI=1S/C10H16/c1-2-4-10(3-1)6-8-5-9(8)7-10/h8-9H,1-7H2. The average Bonchev–Trinajstić information content (AvgIpc) is 2.45. The molecule has 3 rings (SSSR count). The second-order valence-electron chi connectivity index (χ2n) is 4.87. The van der Waals surface area contributed by atoms with E-state index in [1.54, 1.807) is 44.9 Å². The van der Waals surface area contributed by atoms with Gasteiger partial charge in [0.15, 0.2) is 0 Å². The van der Waals surface area contributed by atoms with Gasteiger partial charge in [-0.05, 0) is 49.4 Å². The van der Waals surface area contributed by atoms with Gasteiger partial charge in [0.05, 0.1) is 0 Å². The van der Waals surface area contributed by atoms with Gasteiger partial charge in [0.25, 0.3) is 0 Å². The van der Waals surface area contributed by atoms with Crippen molar-refractivity contribution in [2.24, 2.45) is 17.3 Å². The van der Waals surface area contributed by atoms with Crippen LogP contribution in [0.25, 0.3) is 0 Å². The van der Waals surface area contributed by atoms with E-state index in [0.717, 1.165) is 5.41 Å². The van der Waals surface area contributed by atoms with Crippen LogP contribution in [0.5, 0.6) is 0 Å². The maximum atomic E-state index is 1.62. The number of fused-ring (bicyclic) bond motifs is 1. The predicted molar refractivity (Wildman–Crippen MR) is 41.7 cm³/mol. The predicted octanol–water partition coefficient (Wildman–Crippen LogP) is 2.98. The molecule has 0 bridgehead atoms. The van der Waals surface area contributed by atoms with Crippen molar-refractivity contribution < 1.29 is 0 Å². The summed E-state index contributed by atoms with van der Waals surface area (Å²) in [6.45, 7) is 0. The van der Waals surface area contributed by atoms with Crippen LogP contribution < -0.4 is 0 Å². The first-order valence-corrected chi connectivity index (χ1v) is 4.88. The van der Waals surface area contributed by atoms with Gasteiger partial charge in [-0.25, -0.2) is 0 Å². The van der Waals surface area contributed by atoms with Gasteiger partial charge in [-0.15, -0.1) is 0 Å². The van der Waals surface area contributed by atoms with Gasteiger partial charge in [-0.2, -0.15) is 0 Å². The molecule has 0 radical (unpaired) electrons. The van der Waals surface area contributed by atoms with E-state index in [2.05, 4.69) is 0 Å². The molecule has 3 fully saturated rings. The Morgan fingerprint density at radius 3 is 2.10 bits per heavy atom. The molecule has 0 heteroatoms. The van der Waals surface area contributed by atoms with E-state index in [4.69, 9.17) is 0 Å². The van der Waals surface area contributed by atoms with E-state index in [1.165, 1.54) is 11.8 Å². The van der Waals surface area contributed by atoms with E-state index < -0.39 is 0 Å². The van der Waals surface area contributed by atoms with Crippen molar-refractivity contribution in [2.75, 3.05) is 0 Å². The first kappa shape index (κ1) is 5.62. The number of hydrogen-bond donors (Lipinski definition) is 0. The molecule has 3 aliphatic rings. The van der Waals surface area contributed by atoms with Crippen molar-refractivity contribution in [3.8, 4) is 0 Å². The number of hydrogen-bond acceptors (Lipinski definition) is 0. The van der Waals surface area contributed by atoms with Gasteiger partial charge in [0.1, 0.15) is 0 Å². The van der Waals surface area contributed by atoms with Crippen LogP contribution in [-0.2, 0) is 0 Å². The molecule has 3 saturated carbocycles. The highest BCUT2D eigenvalue weighted by molar-refractivity contribution is 5.04. The highest BCUT2D eigenvalue weighted by Gasteiger charge is 2.53. The van der Waals surface area contributed by atoms with Gasteiger partial charge in [0, 0.05) is 0 Å². The van der Waals surface area contributed by atoms with Crippen molar-refractivity contribution in [1.82, 2.24) is 0 Å². The summed E-state index contributed by atoms with van der Waals surface area (Å²) in [5.74, 6) is 2.41. The van der Waals surface area contributed by atoms with Gasteiger partial charge in [-0.1, -0.05) is 12.8 Å². The summed E-state index contributed by atoms with van der Waals surface area (Å²) in [6, 6.07) is 0. The normalized spacial score (nSPS) is 48.0. The quantitative estimate of drug-likeness (QED) is 0.480. The zero-order valence-electron chi connectivity index (χ0n) is 6.60. The molecule has 0 aromatic rings. The molecular formula is C10H16. The van der Waals surface area contributed by atoms with Crippen molar-refractivity contribution in [2.45, 2.75) is 44.9 Å². The summed E-state index contributed by atoms with van der Waals surface area (Å²) in [4.78, 5) is 0. The van der Waals surface area contributed by atoms with Crippen LogP contribution in [0, 0.1) is 17.3 Å². The summed E-state index contributed by atoms with van der Waals surface area (Å²) in [5, 5.41) is 0. The van der Waals surface area contributed by atoms with Crippen LogP contribution in [0.15, 0.2) is 0 Å². The third-order valence-corrected chi connectivity index (χ3v) is 4.12. The Morgan fingerprint density at radius 1 is 0.900 bits per heavy atom. The van der Waals surface area contributed by atoms with E-state index in [9.17, 15) is 0 Å². The smallest absolute Gasteiger partial charge is 0.0292 e. The fourth-order valence-electron chi connectivity index (χ4n) is 3.54. The van der Waals surface area contributed by atoms with E-state index in [-0.39, 0.29) is 0 Å². The Kier molecular flexibility index (Phi) is 0.898. The third-order valence-electron chi connectivity index (χ3n) is 4.12. The molecule has 0 saturated heterocycles. The zero-order chi connectivity index (χ0) is 6.60. The summed E-state index contributed by atoms with van der Waals surface area (Å²) in [6.07, 6.45) is 11.1. The first-order valence-electron chi connectivity index (χ1n) is 4.88. The molecule has 0 aromatic carbocycles. The first-order chi connectivity index (χ1) is 4.88. The lowest BCUT2D eigenvalue weighted by Gasteiger charge is -2.23. The second-order valence-corrected chi connectivity index (χ2v) is 4.87. The van der Waals surface area contributed by atoms with Gasteiger partial charge in [0.2, 0.25) is 0 Å². The SMILES string of the molecule is C1CCC2(C1)CC1CC1C2. The minimum absolute atomic E-state index is 0.910. The van der Waals surface area contributed by atoms with Crippen molar-refractivity contribution >= 4 is 0 Å². The molecular weight excluding hydrogens is 120 g/mol. The molecule has 0 amide bonds. The Morgan fingerprint density at radius 2 is 1.50 bits per heavy atom. The summed E-state index contributed by atoms with van der Waals surface area (Å²) in [7, 11) is 0. The van der Waals surface area contributed by atoms with Crippen LogP contribution in [0.4, 0.5) is 0 Å². The Hall–Kier alpha value is 0.